The summed E-state index contributed by atoms with van der Waals surface area (Å²) >= 11 is 0. The van der Waals surface area contributed by atoms with E-state index in [2.05, 4.69) is 5.32 Å². The number of likely N-dealkylation sites (tertiary alicyclic amines) is 1. The number of nitrogens with zero attached hydrogens (tertiary/aromatic N) is 1. The molecule has 2 rings (SSSR count). The highest BCUT2D eigenvalue weighted by Crippen LogP contribution is 2.27. The van der Waals surface area contributed by atoms with Gasteiger partial charge in [-0.25, -0.2) is 4.79 Å². The average Bonchev–Trinajstić information content (AvgIpc) is 2.59. The smallest absolute Gasteiger partial charge is 0.410 e. The van der Waals surface area contributed by atoms with Crippen molar-refractivity contribution in [2.45, 2.75) is 71.6 Å². The van der Waals surface area contributed by atoms with Gasteiger partial charge in [-0.1, -0.05) is 18.2 Å². The molecule has 0 saturated carbocycles. The summed E-state index contributed by atoms with van der Waals surface area (Å²) in [5.74, 6) is -0.721. The Hall–Kier alpha value is -2.57. The minimum Gasteiger partial charge on any atom is -0.444 e. The Morgan fingerprint density at radius 2 is 1.66 bits per heavy atom. The van der Waals surface area contributed by atoms with Crippen molar-refractivity contribution in [1.29, 1.82) is 0 Å². The second kappa shape index (κ2) is 8.84. The number of esters is 1. The number of amides is 2. The lowest BCUT2D eigenvalue weighted by molar-refractivity contribution is -0.143. The fourth-order valence-corrected chi connectivity index (χ4v) is 3.11. The summed E-state index contributed by atoms with van der Waals surface area (Å²) in [5, 5.41) is 2.91. The summed E-state index contributed by atoms with van der Waals surface area (Å²) < 4.78 is 10.9. The van der Waals surface area contributed by atoms with Crippen LogP contribution in [-0.2, 0) is 14.3 Å². The van der Waals surface area contributed by atoms with Crippen LogP contribution in [0.2, 0.25) is 0 Å². The normalized spacial score (nSPS) is 20.0. The molecule has 1 heterocycles. The Morgan fingerprint density at radius 1 is 1.03 bits per heavy atom. The lowest BCUT2D eigenvalue weighted by Crippen LogP contribution is -2.58. The van der Waals surface area contributed by atoms with Crippen molar-refractivity contribution in [2.24, 2.45) is 5.92 Å². The van der Waals surface area contributed by atoms with Gasteiger partial charge in [0, 0.05) is 12.1 Å². The highest BCUT2D eigenvalue weighted by molar-refractivity contribution is 5.87. The highest BCUT2D eigenvalue weighted by atomic mass is 16.6. The first kappa shape index (κ1) is 22.7. The predicted molar refractivity (Wildman–Crippen MR) is 109 cm³/mol. The molecule has 0 aliphatic carbocycles. The minimum atomic E-state index is -0.800. The first-order chi connectivity index (χ1) is 13.4. The third-order valence-corrected chi connectivity index (χ3v) is 4.33. The Balaban J connectivity index is 2.16. The molecule has 1 aromatic carbocycles. The number of para-hydroxylation sites is 1. The van der Waals surface area contributed by atoms with Crippen LogP contribution < -0.4 is 10.1 Å². The first-order valence-electron chi connectivity index (χ1n) is 9.94. The quantitative estimate of drug-likeness (QED) is 0.615. The Bertz CT molecular complexity index is 734. The molecule has 7 nitrogen and oxygen atoms in total. The van der Waals surface area contributed by atoms with E-state index in [1.54, 1.807) is 45.0 Å². The molecule has 1 aliphatic heterocycles. The van der Waals surface area contributed by atoms with Crippen LogP contribution in [0.5, 0.6) is 5.75 Å². The van der Waals surface area contributed by atoms with Crippen molar-refractivity contribution in [2.75, 3.05) is 6.54 Å². The maximum Gasteiger partial charge on any atom is 0.410 e. The second-order valence-corrected chi connectivity index (χ2v) is 9.38. The van der Waals surface area contributed by atoms with Crippen LogP contribution >= 0.6 is 0 Å². The largest absolute Gasteiger partial charge is 0.444 e. The maximum absolute atomic E-state index is 12.9. The van der Waals surface area contributed by atoms with Crippen molar-refractivity contribution in [3.8, 4) is 5.75 Å². The monoisotopic (exact) mass is 404 g/mol. The summed E-state index contributed by atoms with van der Waals surface area (Å²) in [6.07, 6.45) is 0.0401. The number of ether oxygens (including phenoxy) is 2. The number of hydrogen-bond acceptors (Lipinski definition) is 5. The van der Waals surface area contributed by atoms with Crippen LogP contribution in [0.4, 0.5) is 4.79 Å². The maximum atomic E-state index is 12.9. The van der Waals surface area contributed by atoms with Crippen LogP contribution in [0, 0.1) is 5.92 Å². The lowest BCUT2D eigenvalue weighted by Gasteiger charge is -2.39. The van der Waals surface area contributed by atoms with Gasteiger partial charge in [0.25, 0.3) is 0 Å². The van der Waals surface area contributed by atoms with Crippen molar-refractivity contribution >= 4 is 18.0 Å². The van der Waals surface area contributed by atoms with Crippen LogP contribution in [0.15, 0.2) is 30.3 Å². The van der Waals surface area contributed by atoms with E-state index in [1.807, 2.05) is 26.8 Å². The summed E-state index contributed by atoms with van der Waals surface area (Å²) in [6, 6.07) is 8.02. The number of rotatable bonds is 3. The molecule has 1 N–H and O–H groups in total. The molecule has 1 saturated heterocycles. The van der Waals surface area contributed by atoms with Crippen LogP contribution in [0.1, 0.15) is 54.4 Å². The fourth-order valence-electron chi connectivity index (χ4n) is 3.11. The third kappa shape index (κ3) is 7.07. The van der Waals surface area contributed by atoms with Crippen LogP contribution in [0.25, 0.3) is 0 Å². The molecule has 160 valence electrons. The molecule has 0 radical (unpaired) electrons. The van der Waals surface area contributed by atoms with Crippen LogP contribution in [0.3, 0.4) is 0 Å². The molecule has 2 amide bonds. The zero-order chi connectivity index (χ0) is 21.8. The Labute approximate surface area is 172 Å². The highest BCUT2D eigenvalue weighted by Gasteiger charge is 2.41. The predicted octanol–water partition coefficient (Wildman–Crippen LogP) is 3.52. The molecular formula is C22H32N2O5. The van der Waals surface area contributed by atoms with Gasteiger partial charge in [0.05, 0.1) is 5.92 Å². The first-order valence-corrected chi connectivity index (χ1v) is 9.94. The summed E-state index contributed by atoms with van der Waals surface area (Å²) in [7, 11) is 0. The molecule has 1 unspecified atom stereocenters. The summed E-state index contributed by atoms with van der Waals surface area (Å²) in [5.41, 5.74) is -1.14. The Morgan fingerprint density at radius 3 is 2.21 bits per heavy atom. The molecule has 7 heteroatoms. The van der Waals surface area contributed by atoms with E-state index in [4.69, 9.17) is 9.47 Å². The molecule has 0 spiro atoms. The van der Waals surface area contributed by atoms with Gasteiger partial charge in [-0.2, -0.15) is 0 Å². The standard InChI is InChI=1S/C22H32N2O5/c1-21(2,3)23-18(25)17-14-15(19(26)28-16-10-8-7-9-11-16)12-13-24(17)20(27)29-22(4,5)6/h7-11,15,17H,12-14H2,1-6H3,(H,23,25)/t15?,17-/m0/s1. The van der Waals surface area contributed by atoms with E-state index in [1.165, 1.54) is 4.90 Å². The fraction of sp³-hybridized carbons (Fsp3) is 0.591. The molecule has 1 aromatic rings. The average molecular weight is 405 g/mol. The summed E-state index contributed by atoms with van der Waals surface area (Å²) in [6.45, 7) is 11.2. The van der Waals surface area contributed by atoms with Crippen molar-refractivity contribution in [3.63, 3.8) is 0 Å². The van der Waals surface area contributed by atoms with Gasteiger partial charge in [-0.05, 0) is 66.5 Å². The van der Waals surface area contributed by atoms with Crippen molar-refractivity contribution in [3.05, 3.63) is 30.3 Å². The van der Waals surface area contributed by atoms with Gasteiger partial charge >= 0.3 is 12.1 Å². The third-order valence-electron chi connectivity index (χ3n) is 4.33. The minimum absolute atomic E-state index is 0.187. The number of nitrogens with one attached hydrogen (secondary N) is 1. The number of carbonyl (C=O) groups is 3. The van der Waals surface area contributed by atoms with E-state index in [9.17, 15) is 14.4 Å². The van der Waals surface area contributed by atoms with E-state index < -0.39 is 35.2 Å². The van der Waals surface area contributed by atoms with Gasteiger partial charge in [0.1, 0.15) is 17.4 Å². The number of carbonyl (C=O) groups excluding carboxylic acids is 3. The van der Waals surface area contributed by atoms with Gasteiger partial charge in [-0.3, -0.25) is 14.5 Å². The van der Waals surface area contributed by atoms with E-state index >= 15 is 0 Å². The summed E-state index contributed by atoms with van der Waals surface area (Å²) in [4.78, 5) is 39.6. The van der Waals surface area contributed by atoms with E-state index in [0.717, 1.165) is 0 Å². The molecule has 0 aromatic heterocycles. The molecule has 1 aliphatic rings. The number of hydrogen-bond donors (Lipinski definition) is 1. The zero-order valence-electron chi connectivity index (χ0n) is 18.2. The SMILES string of the molecule is CC(C)(C)NC(=O)[C@@H]1CC(C(=O)Oc2ccccc2)CCN1C(=O)OC(C)(C)C. The Kier molecular flexibility index (Phi) is 6.93. The lowest BCUT2D eigenvalue weighted by atomic mass is 9.90. The molecule has 2 atom stereocenters. The van der Waals surface area contributed by atoms with Crippen molar-refractivity contribution < 1.29 is 23.9 Å². The molecule has 1 fully saturated rings. The van der Waals surface area contributed by atoms with E-state index in [0.29, 0.717) is 12.2 Å². The number of piperidine rings is 1. The van der Waals surface area contributed by atoms with Crippen LogP contribution in [-0.4, -0.2) is 46.6 Å². The number of benzene rings is 1. The van der Waals surface area contributed by atoms with Crippen molar-refractivity contribution in [1.82, 2.24) is 10.2 Å². The molecule has 29 heavy (non-hydrogen) atoms. The zero-order valence-corrected chi connectivity index (χ0v) is 18.2. The molecular weight excluding hydrogens is 372 g/mol. The van der Waals surface area contributed by atoms with Gasteiger partial charge < -0.3 is 14.8 Å². The van der Waals surface area contributed by atoms with E-state index in [-0.39, 0.29) is 18.9 Å². The van der Waals surface area contributed by atoms with Gasteiger partial charge in [-0.15, -0.1) is 0 Å². The van der Waals surface area contributed by atoms with Gasteiger partial charge in [0.15, 0.2) is 0 Å². The second-order valence-electron chi connectivity index (χ2n) is 9.38. The molecule has 0 bridgehead atoms. The topological polar surface area (TPSA) is 84.9 Å². The van der Waals surface area contributed by atoms with Gasteiger partial charge in [0.2, 0.25) is 5.91 Å².